The Morgan fingerprint density at radius 1 is 1.11 bits per heavy atom. The molecule has 1 aliphatic rings. The molecule has 2 atom stereocenters. The minimum Gasteiger partial charge on any atom is -0.497 e. The summed E-state index contributed by atoms with van der Waals surface area (Å²) in [6.07, 6.45) is 0. The van der Waals surface area contributed by atoms with Crippen LogP contribution in [0.1, 0.15) is 13.8 Å². The van der Waals surface area contributed by atoms with Gasteiger partial charge in [0.05, 0.1) is 19.3 Å². The molecule has 2 aromatic carbocycles. The first-order valence-electron chi connectivity index (χ1n) is 9.11. The van der Waals surface area contributed by atoms with Crippen molar-refractivity contribution in [2.75, 3.05) is 31.6 Å². The Kier molecular flexibility index (Phi) is 6.29. The number of methoxy groups -OCH3 is 1. The number of piperazine rings is 1. The Bertz CT molecular complexity index is 781. The highest BCUT2D eigenvalue weighted by Crippen LogP contribution is 2.37. The van der Waals surface area contributed by atoms with Crippen LogP contribution in [0.4, 0.5) is 5.69 Å². The van der Waals surface area contributed by atoms with Crippen LogP contribution in [0.5, 0.6) is 5.75 Å². The van der Waals surface area contributed by atoms with Crippen LogP contribution < -0.4 is 9.64 Å². The fraction of sp³-hybridized carbons (Fsp3) is 0.381. The Morgan fingerprint density at radius 2 is 1.81 bits per heavy atom. The Balaban J connectivity index is 1.79. The maximum Gasteiger partial charge on any atom is 0.317 e. The van der Waals surface area contributed by atoms with Gasteiger partial charge in [0.15, 0.2) is 0 Å². The van der Waals surface area contributed by atoms with E-state index >= 15 is 0 Å². The first kappa shape index (κ1) is 19.6. The SMILES string of the molecule is COc1ccc(Sc2ccccc2N2CC(C)N(CC(=O)O)CC2C)cc1. The minimum absolute atomic E-state index is 0.0988. The number of rotatable bonds is 6. The lowest BCUT2D eigenvalue weighted by atomic mass is 10.1. The van der Waals surface area contributed by atoms with E-state index in [4.69, 9.17) is 9.84 Å². The van der Waals surface area contributed by atoms with Gasteiger partial charge < -0.3 is 14.7 Å². The molecular weight excluding hydrogens is 360 g/mol. The molecule has 2 aromatic rings. The van der Waals surface area contributed by atoms with Crippen molar-refractivity contribution in [3.63, 3.8) is 0 Å². The third kappa shape index (κ3) is 4.76. The first-order chi connectivity index (χ1) is 13.0. The molecule has 6 heteroatoms. The van der Waals surface area contributed by atoms with Gasteiger partial charge in [0.1, 0.15) is 5.75 Å². The maximum absolute atomic E-state index is 11.1. The van der Waals surface area contributed by atoms with Crippen LogP contribution in [0.15, 0.2) is 58.3 Å². The van der Waals surface area contributed by atoms with Gasteiger partial charge in [0, 0.05) is 35.0 Å². The molecule has 0 saturated carbocycles. The van der Waals surface area contributed by atoms with Gasteiger partial charge in [-0.25, -0.2) is 0 Å². The normalized spacial score (nSPS) is 20.5. The van der Waals surface area contributed by atoms with Crippen LogP contribution in [0.25, 0.3) is 0 Å². The predicted octanol–water partition coefficient (Wildman–Crippen LogP) is 3.83. The minimum atomic E-state index is -0.766. The number of hydrogen-bond acceptors (Lipinski definition) is 5. The number of carboxylic acid groups (broad SMARTS) is 1. The molecule has 3 rings (SSSR count). The molecule has 1 saturated heterocycles. The van der Waals surface area contributed by atoms with E-state index in [-0.39, 0.29) is 18.6 Å². The lowest BCUT2D eigenvalue weighted by molar-refractivity contribution is -0.139. The van der Waals surface area contributed by atoms with E-state index in [1.165, 1.54) is 10.6 Å². The quantitative estimate of drug-likeness (QED) is 0.814. The number of benzene rings is 2. The molecule has 0 amide bonds. The second kappa shape index (κ2) is 8.67. The van der Waals surface area contributed by atoms with Crippen LogP contribution in [-0.2, 0) is 4.79 Å². The number of aliphatic carboxylic acids is 1. The van der Waals surface area contributed by atoms with Crippen molar-refractivity contribution < 1.29 is 14.6 Å². The van der Waals surface area contributed by atoms with Crippen molar-refractivity contribution in [3.8, 4) is 5.75 Å². The number of carbonyl (C=O) groups is 1. The summed E-state index contributed by atoms with van der Waals surface area (Å²) >= 11 is 1.74. The van der Waals surface area contributed by atoms with Crippen LogP contribution >= 0.6 is 11.8 Å². The monoisotopic (exact) mass is 386 g/mol. The summed E-state index contributed by atoms with van der Waals surface area (Å²) < 4.78 is 5.24. The van der Waals surface area contributed by atoms with Crippen LogP contribution in [0, 0.1) is 0 Å². The highest BCUT2D eigenvalue weighted by Gasteiger charge is 2.31. The van der Waals surface area contributed by atoms with Gasteiger partial charge in [-0.05, 0) is 50.2 Å². The van der Waals surface area contributed by atoms with E-state index in [9.17, 15) is 4.79 Å². The Labute approximate surface area is 164 Å². The van der Waals surface area contributed by atoms with Crippen molar-refractivity contribution in [2.45, 2.75) is 35.7 Å². The fourth-order valence-electron chi connectivity index (χ4n) is 3.48. The summed E-state index contributed by atoms with van der Waals surface area (Å²) in [5, 5.41) is 9.13. The van der Waals surface area contributed by atoms with Gasteiger partial charge in [-0.3, -0.25) is 9.69 Å². The average molecular weight is 387 g/mol. The van der Waals surface area contributed by atoms with Gasteiger partial charge in [-0.1, -0.05) is 23.9 Å². The van der Waals surface area contributed by atoms with Gasteiger partial charge in [0.25, 0.3) is 0 Å². The fourth-order valence-corrected chi connectivity index (χ4v) is 4.44. The molecule has 2 unspecified atom stereocenters. The summed E-state index contributed by atoms with van der Waals surface area (Å²) in [6.45, 7) is 5.92. The Hall–Kier alpha value is -2.18. The molecule has 1 fully saturated rings. The van der Waals surface area contributed by atoms with E-state index in [1.807, 2.05) is 17.0 Å². The number of para-hydroxylation sites is 1. The van der Waals surface area contributed by atoms with Crippen molar-refractivity contribution in [2.24, 2.45) is 0 Å². The summed E-state index contributed by atoms with van der Waals surface area (Å²) in [5.74, 6) is 0.0857. The average Bonchev–Trinajstić information content (AvgIpc) is 2.65. The Morgan fingerprint density at radius 3 is 2.48 bits per heavy atom. The van der Waals surface area contributed by atoms with E-state index in [0.29, 0.717) is 0 Å². The topological polar surface area (TPSA) is 53.0 Å². The smallest absolute Gasteiger partial charge is 0.317 e. The highest BCUT2D eigenvalue weighted by molar-refractivity contribution is 7.99. The van der Waals surface area contributed by atoms with Gasteiger partial charge in [0.2, 0.25) is 0 Å². The second-order valence-corrected chi connectivity index (χ2v) is 8.03. The van der Waals surface area contributed by atoms with E-state index in [2.05, 4.69) is 55.1 Å². The summed E-state index contributed by atoms with van der Waals surface area (Å²) in [5.41, 5.74) is 1.20. The van der Waals surface area contributed by atoms with Crippen molar-refractivity contribution in [3.05, 3.63) is 48.5 Å². The molecule has 0 spiro atoms. The summed E-state index contributed by atoms with van der Waals surface area (Å²) in [7, 11) is 1.67. The van der Waals surface area contributed by atoms with Gasteiger partial charge >= 0.3 is 5.97 Å². The standard InChI is InChI=1S/C21H26N2O3S/c1-15-13-23(16(2)12-22(15)14-21(24)25)19-6-4-5-7-20(19)27-18-10-8-17(26-3)9-11-18/h4-11,15-16H,12-14H2,1-3H3,(H,24,25). The second-order valence-electron chi connectivity index (χ2n) is 6.92. The lowest BCUT2D eigenvalue weighted by Crippen LogP contribution is -2.57. The molecule has 0 aromatic heterocycles. The molecule has 0 aliphatic carbocycles. The van der Waals surface area contributed by atoms with E-state index < -0.39 is 5.97 Å². The number of anilines is 1. The van der Waals surface area contributed by atoms with Gasteiger partial charge in [-0.2, -0.15) is 0 Å². The molecule has 144 valence electrons. The number of nitrogens with zero attached hydrogens (tertiary/aromatic N) is 2. The van der Waals surface area contributed by atoms with Crippen LogP contribution in [0.3, 0.4) is 0 Å². The number of ether oxygens (including phenoxy) is 1. The van der Waals surface area contributed by atoms with Gasteiger partial charge in [-0.15, -0.1) is 0 Å². The van der Waals surface area contributed by atoms with Crippen LogP contribution in [-0.4, -0.2) is 54.8 Å². The number of hydrogen-bond donors (Lipinski definition) is 1. The summed E-state index contributed by atoms with van der Waals surface area (Å²) in [6, 6.07) is 16.9. The molecule has 5 nitrogen and oxygen atoms in total. The van der Waals surface area contributed by atoms with Crippen molar-refractivity contribution >= 4 is 23.4 Å². The number of carboxylic acids is 1. The maximum atomic E-state index is 11.1. The largest absolute Gasteiger partial charge is 0.497 e. The zero-order valence-electron chi connectivity index (χ0n) is 16.0. The molecule has 1 aliphatic heterocycles. The van der Waals surface area contributed by atoms with Crippen molar-refractivity contribution in [1.29, 1.82) is 0 Å². The molecule has 0 radical (unpaired) electrons. The van der Waals surface area contributed by atoms with E-state index in [0.717, 1.165) is 23.7 Å². The van der Waals surface area contributed by atoms with Crippen LogP contribution in [0.2, 0.25) is 0 Å². The van der Waals surface area contributed by atoms with E-state index in [1.54, 1.807) is 18.9 Å². The zero-order valence-corrected chi connectivity index (χ0v) is 16.8. The molecule has 0 bridgehead atoms. The molecule has 27 heavy (non-hydrogen) atoms. The first-order valence-corrected chi connectivity index (χ1v) is 9.93. The molecular formula is C21H26N2O3S. The van der Waals surface area contributed by atoms with Crippen molar-refractivity contribution in [1.82, 2.24) is 4.90 Å². The zero-order chi connectivity index (χ0) is 19.4. The highest BCUT2D eigenvalue weighted by atomic mass is 32.2. The molecule has 1 N–H and O–H groups in total. The summed E-state index contributed by atoms with van der Waals surface area (Å²) in [4.78, 5) is 17.9. The third-order valence-corrected chi connectivity index (χ3v) is 5.99. The predicted molar refractivity (Wildman–Crippen MR) is 109 cm³/mol. The lowest BCUT2D eigenvalue weighted by Gasteiger charge is -2.45. The third-order valence-electron chi connectivity index (χ3n) is 4.92. The molecule has 1 heterocycles.